The van der Waals surface area contributed by atoms with Crippen LogP contribution in [0.25, 0.3) is 0 Å². The first kappa shape index (κ1) is 25.1. The Morgan fingerprint density at radius 2 is 1.13 bits per heavy atom. The fraction of sp³-hybridized carbons (Fsp3) is 1.00. The van der Waals surface area contributed by atoms with Crippen LogP contribution in [0.2, 0.25) is 0 Å². The fourth-order valence-corrected chi connectivity index (χ4v) is 1.84. The summed E-state index contributed by atoms with van der Waals surface area (Å²) in [4.78, 5) is 0. The normalized spacial score (nSPS) is 14.5. The molecular weight excluding hydrogens is 366 g/mol. The van der Waals surface area contributed by atoms with Crippen molar-refractivity contribution >= 4 is 10.1 Å². The quantitative estimate of drug-likeness (QED) is 0.274. The van der Waals surface area contributed by atoms with Gasteiger partial charge in [0.2, 0.25) is 0 Å². The standard InChI is InChI=1S/C9H11F9O3S.Li/c10-6(11,4-2-1-3-5-7(12,13)14)8(15,16)9(17,18)22(19,20)21;/h1-5H2,(H,19,20,21);/q;+1/p-1. The molecular formula is C9H10F9LiO3S. The van der Waals surface area contributed by atoms with Gasteiger partial charge in [0.1, 0.15) is 0 Å². The molecule has 0 aromatic carbocycles. The predicted molar refractivity (Wildman–Crippen MR) is 53.7 cm³/mol. The van der Waals surface area contributed by atoms with Gasteiger partial charge in [-0.15, -0.1) is 0 Å². The van der Waals surface area contributed by atoms with E-state index in [4.69, 9.17) is 0 Å². The molecule has 23 heavy (non-hydrogen) atoms. The smallest absolute Gasteiger partial charge is 0.743 e. The average molecular weight is 376 g/mol. The van der Waals surface area contributed by atoms with E-state index in [1.807, 2.05) is 0 Å². The van der Waals surface area contributed by atoms with Crippen LogP contribution in [0.3, 0.4) is 0 Å². The minimum Gasteiger partial charge on any atom is -0.743 e. The number of hydrogen-bond acceptors (Lipinski definition) is 3. The van der Waals surface area contributed by atoms with Gasteiger partial charge in [-0.1, -0.05) is 6.42 Å². The maximum absolute atomic E-state index is 13.0. The summed E-state index contributed by atoms with van der Waals surface area (Å²) in [6.07, 6.45) is -10.3. The molecule has 0 atom stereocenters. The summed E-state index contributed by atoms with van der Waals surface area (Å²) in [6.45, 7) is 0. The van der Waals surface area contributed by atoms with Crippen molar-refractivity contribution in [2.24, 2.45) is 0 Å². The summed E-state index contributed by atoms with van der Waals surface area (Å²) in [7, 11) is -7.06. The van der Waals surface area contributed by atoms with Crippen molar-refractivity contribution in [3.05, 3.63) is 0 Å². The van der Waals surface area contributed by atoms with Gasteiger partial charge < -0.3 is 4.55 Å². The summed E-state index contributed by atoms with van der Waals surface area (Å²) in [5, 5.41) is -6.55. The molecule has 0 aliphatic carbocycles. The molecule has 0 saturated heterocycles. The first-order valence-electron chi connectivity index (χ1n) is 5.61. The van der Waals surface area contributed by atoms with Crippen LogP contribution in [-0.4, -0.2) is 36.2 Å². The number of halogens is 9. The minimum atomic E-state index is -7.06. The van der Waals surface area contributed by atoms with Crippen molar-refractivity contribution in [1.82, 2.24) is 0 Å². The summed E-state index contributed by atoms with van der Waals surface area (Å²) in [5.41, 5.74) is 0. The first-order valence-corrected chi connectivity index (χ1v) is 7.02. The van der Waals surface area contributed by atoms with Gasteiger partial charge in [0, 0.05) is 12.8 Å². The van der Waals surface area contributed by atoms with E-state index in [1.54, 1.807) is 0 Å². The number of alkyl halides is 9. The molecule has 0 heterocycles. The molecule has 0 fully saturated rings. The summed E-state index contributed by atoms with van der Waals surface area (Å²) in [6, 6.07) is 0. The van der Waals surface area contributed by atoms with Crippen molar-refractivity contribution in [3.63, 3.8) is 0 Å². The predicted octanol–water partition coefficient (Wildman–Crippen LogP) is 0.912. The fourth-order valence-electron chi connectivity index (χ4n) is 1.38. The molecule has 0 amide bonds. The molecule has 0 bridgehead atoms. The van der Waals surface area contributed by atoms with Gasteiger partial charge in [0.15, 0.2) is 10.1 Å². The van der Waals surface area contributed by atoms with Gasteiger partial charge >= 0.3 is 42.1 Å². The van der Waals surface area contributed by atoms with E-state index in [1.165, 1.54) is 0 Å². The van der Waals surface area contributed by atoms with Crippen molar-refractivity contribution in [2.75, 3.05) is 0 Å². The second kappa shape index (κ2) is 7.84. The molecule has 3 nitrogen and oxygen atoms in total. The molecule has 0 rings (SSSR count). The third-order valence-electron chi connectivity index (χ3n) is 2.59. The monoisotopic (exact) mass is 376 g/mol. The molecule has 0 aromatic heterocycles. The Morgan fingerprint density at radius 1 is 0.739 bits per heavy atom. The summed E-state index contributed by atoms with van der Waals surface area (Å²) >= 11 is 0. The zero-order valence-electron chi connectivity index (χ0n) is 11.6. The molecule has 0 aromatic rings. The van der Waals surface area contributed by atoms with E-state index in [0.717, 1.165) is 0 Å². The zero-order chi connectivity index (χ0) is 18.0. The van der Waals surface area contributed by atoms with Crippen LogP contribution < -0.4 is 18.9 Å². The van der Waals surface area contributed by atoms with E-state index in [-0.39, 0.29) is 18.9 Å². The topological polar surface area (TPSA) is 57.2 Å². The van der Waals surface area contributed by atoms with Gasteiger partial charge in [-0.2, -0.15) is 39.5 Å². The molecule has 0 aliphatic rings. The van der Waals surface area contributed by atoms with Crippen LogP contribution in [0, 0.1) is 0 Å². The first-order chi connectivity index (χ1) is 9.46. The van der Waals surface area contributed by atoms with Gasteiger partial charge in [-0.05, 0) is 12.8 Å². The average Bonchev–Trinajstić information content (AvgIpc) is 2.24. The van der Waals surface area contributed by atoms with Crippen molar-refractivity contribution in [2.45, 2.75) is 55.4 Å². The van der Waals surface area contributed by atoms with Gasteiger partial charge in [0.05, 0.1) is 0 Å². The maximum atomic E-state index is 13.0. The number of hydrogen-bond donors (Lipinski definition) is 0. The Hall–Kier alpha value is -0.123. The molecule has 0 aliphatic heterocycles. The van der Waals surface area contributed by atoms with Crippen LogP contribution in [0.15, 0.2) is 0 Å². The summed E-state index contributed by atoms with van der Waals surface area (Å²) < 4.78 is 142. The van der Waals surface area contributed by atoms with Crippen LogP contribution in [0.5, 0.6) is 0 Å². The molecule has 0 saturated carbocycles. The Morgan fingerprint density at radius 3 is 1.48 bits per heavy atom. The SMILES string of the molecule is O=S(=O)([O-])C(F)(F)C(F)(F)C(F)(F)CCCCCC(F)(F)F.[Li+]. The second-order valence-corrected chi connectivity index (χ2v) is 5.85. The van der Waals surface area contributed by atoms with E-state index < -0.39 is 65.5 Å². The second-order valence-electron chi connectivity index (χ2n) is 4.43. The van der Waals surface area contributed by atoms with Crippen LogP contribution in [0.1, 0.15) is 32.1 Å². The van der Waals surface area contributed by atoms with Crippen molar-refractivity contribution in [3.8, 4) is 0 Å². The summed E-state index contributed by atoms with van der Waals surface area (Å²) in [5.74, 6) is -12.1. The zero-order valence-corrected chi connectivity index (χ0v) is 12.4. The van der Waals surface area contributed by atoms with Gasteiger partial charge in [0.25, 0.3) is 0 Å². The third kappa shape index (κ3) is 6.36. The van der Waals surface area contributed by atoms with Crippen LogP contribution >= 0.6 is 0 Å². The molecule has 0 unspecified atom stereocenters. The van der Waals surface area contributed by atoms with Crippen LogP contribution in [0.4, 0.5) is 39.5 Å². The Labute approximate surface area is 137 Å². The molecule has 0 radical (unpaired) electrons. The van der Waals surface area contributed by atoms with E-state index >= 15 is 0 Å². The third-order valence-corrected chi connectivity index (χ3v) is 3.47. The molecule has 14 heteroatoms. The van der Waals surface area contributed by atoms with Gasteiger partial charge in [-0.25, -0.2) is 8.42 Å². The Bertz CT molecular complexity index is 475. The molecule has 134 valence electrons. The van der Waals surface area contributed by atoms with E-state index in [9.17, 15) is 52.5 Å². The van der Waals surface area contributed by atoms with Crippen molar-refractivity contribution < 1.29 is 71.3 Å². The number of rotatable bonds is 8. The van der Waals surface area contributed by atoms with Crippen molar-refractivity contribution in [1.29, 1.82) is 0 Å². The van der Waals surface area contributed by atoms with E-state index in [0.29, 0.717) is 0 Å². The van der Waals surface area contributed by atoms with Gasteiger partial charge in [-0.3, -0.25) is 0 Å². The number of unbranched alkanes of at least 4 members (excludes halogenated alkanes) is 2. The Balaban J connectivity index is 0. The van der Waals surface area contributed by atoms with E-state index in [2.05, 4.69) is 0 Å². The van der Waals surface area contributed by atoms with Crippen LogP contribution in [-0.2, 0) is 10.1 Å². The largest absolute Gasteiger partial charge is 1.00 e. The minimum absolute atomic E-state index is 0. The molecule has 0 spiro atoms. The molecule has 0 N–H and O–H groups in total. The Kier molecular flexibility index (Phi) is 8.56. The maximum Gasteiger partial charge on any atom is 1.00 e.